The highest BCUT2D eigenvalue weighted by Crippen LogP contribution is 2.12. The average Bonchev–Trinajstić information content (AvgIpc) is 2.18. The first kappa shape index (κ1) is 12.1. The summed E-state index contributed by atoms with van der Waals surface area (Å²) in [6, 6.07) is 4.72. The van der Waals surface area contributed by atoms with Crippen molar-refractivity contribution >= 4 is 9.84 Å². The van der Waals surface area contributed by atoms with E-state index in [1.54, 1.807) is 0 Å². The van der Waals surface area contributed by atoms with Gasteiger partial charge in [0.2, 0.25) is 0 Å². The maximum absolute atomic E-state index is 12.6. The quantitative estimate of drug-likeness (QED) is 0.465. The molecule has 0 unspecified atom stereocenters. The van der Waals surface area contributed by atoms with Gasteiger partial charge in [-0.15, -0.1) is 0 Å². The SMILES string of the molecule is NOCCCS(=O)(=O)c1ccc(F)cc1. The van der Waals surface area contributed by atoms with Crippen molar-refractivity contribution in [2.45, 2.75) is 11.3 Å². The van der Waals surface area contributed by atoms with Crippen molar-refractivity contribution in [3.8, 4) is 0 Å². The van der Waals surface area contributed by atoms with Gasteiger partial charge in [0, 0.05) is 0 Å². The summed E-state index contributed by atoms with van der Waals surface area (Å²) in [5, 5.41) is 0. The summed E-state index contributed by atoms with van der Waals surface area (Å²) in [7, 11) is -3.35. The summed E-state index contributed by atoms with van der Waals surface area (Å²) in [6.45, 7) is 0.181. The van der Waals surface area contributed by atoms with Gasteiger partial charge in [-0.05, 0) is 30.7 Å². The zero-order chi connectivity index (χ0) is 11.3. The molecular formula is C9H12FNO3S. The molecule has 0 aliphatic heterocycles. The zero-order valence-electron chi connectivity index (χ0n) is 8.02. The highest BCUT2D eigenvalue weighted by Gasteiger charge is 2.13. The molecule has 0 saturated heterocycles. The minimum atomic E-state index is -3.35. The second-order valence-electron chi connectivity index (χ2n) is 3.00. The summed E-state index contributed by atoms with van der Waals surface area (Å²) >= 11 is 0. The molecule has 15 heavy (non-hydrogen) atoms. The maximum Gasteiger partial charge on any atom is 0.178 e. The van der Waals surface area contributed by atoms with Crippen LogP contribution in [0.15, 0.2) is 29.2 Å². The minimum Gasteiger partial charge on any atom is -0.305 e. The van der Waals surface area contributed by atoms with Crippen LogP contribution < -0.4 is 5.90 Å². The van der Waals surface area contributed by atoms with E-state index >= 15 is 0 Å². The van der Waals surface area contributed by atoms with Crippen molar-refractivity contribution in [1.29, 1.82) is 0 Å². The number of nitrogens with two attached hydrogens (primary N) is 1. The van der Waals surface area contributed by atoms with E-state index in [1.807, 2.05) is 0 Å². The molecule has 1 rings (SSSR count). The van der Waals surface area contributed by atoms with Gasteiger partial charge in [0.25, 0.3) is 0 Å². The number of rotatable bonds is 5. The van der Waals surface area contributed by atoms with Crippen LogP contribution in [0.5, 0.6) is 0 Å². The van der Waals surface area contributed by atoms with Crippen molar-refractivity contribution in [1.82, 2.24) is 0 Å². The fourth-order valence-corrected chi connectivity index (χ4v) is 2.38. The van der Waals surface area contributed by atoms with E-state index in [-0.39, 0.29) is 17.3 Å². The topological polar surface area (TPSA) is 69.4 Å². The predicted octanol–water partition coefficient (Wildman–Crippen LogP) is 0.880. The smallest absolute Gasteiger partial charge is 0.178 e. The second-order valence-corrected chi connectivity index (χ2v) is 5.11. The number of hydrogen-bond acceptors (Lipinski definition) is 4. The van der Waals surface area contributed by atoms with Gasteiger partial charge in [-0.25, -0.2) is 18.7 Å². The third-order valence-electron chi connectivity index (χ3n) is 1.85. The van der Waals surface area contributed by atoms with Gasteiger partial charge >= 0.3 is 0 Å². The zero-order valence-corrected chi connectivity index (χ0v) is 8.84. The number of sulfone groups is 1. The van der Waals surface area contributed by atoms with Crippen LogP contribution in [0.3, 0.4) is 0 Å². The molecule has 0 radical (unpaired) electrons. The van der Waals surface area contributed by atoms with E-state index in [2.05, 4.69) is 4.84 Å². The van der Waals surface area contributed by atoms with E-state index in [1.165, 1.54) is 12.1 Å². The standard InChI is InChI=1S/C9H12FNO3S/c10-8-2-4-9(5-3-8)15(12,13)7-1-6-14-11/h2-5H,1,6-7,11H2. The van der Waals surface area contributed by atoms with E-state index < -0.39 is 15.7 Å². The van der Waals surface area contributed by atoms with Gasteiger partial charge in [0.15, 0.2) is 9.84 Å². The van der Waals surface area contributed by atoms with Gasteiger partial charge in [-0.3, -0.25) is 0 Å². The molecule has 4 nitrogen and oxygen atoms in total. The molecule has 1 aromatic carbocycles. The third kappa shape index (κ3) is 3.58. The summed E-state index contributed by atoms with van der Waals surface area (Å²) < 4.78 is 35.7. The van der Waals surface area contributed by atoms with Crippen molar-refractivity contribution in [3.05, 3.63) is 30.1 Å². The van der Waals surface area contributed by atoms with Gasteiger partial charge in [-0.1, -0.05) is 0 Å². The van der Waals surface area contributed by atoms with Gasteiger partial charge in [-0.2, -0.15) is 0 Å². The first-order valence-electron chi connectivity index (χ1n) is 4.36. The fourth-order valence-electron chi connectivity index (χ4n) is 1.09. The van der Waals surface area contributed by atoms with Crippen LogP contribution >= 0.6 is 0 Å². The Labute approximate surface area is 87.7 Å². The van der Waals surface area contributed by atoms with Gasteiger partial charge in [0.1, 0.15) is 5.82 Å². The molecule has 0 saturated carbocycles. The van der Waals surface area contributed by atoms with E-state index in [4.69, 9.17) is 5.90 Å². The molecule has 0 aliphatic rings. The molecule has 0 amide bonds. The van der Waals surface area contributed by atoms with Crippen LogP contribution in [0, 0.1) is 5.82 Å². The Kier molecular flexibility index (Phi) is 4.19. The molecular weight excluding hydrogens is 221 g/mol. The molecule has 0 fully saturated rings. The normalized spacial score (nSPS) is 11.6. The maximum atomic E-state index is 12.6. The van der Waals surface area contributed by atoms with Crippen molar-refractivity contribution < 1.29 is 17.6 Å². The Morgan fingerprint density at radius 1 is 1.27 bits per heavy atom. The molecule has 0 aromatic heterocycles. The molecule has 2 N–H and O–H groups in total. The molecule has 0 bridgehead atoms. The van der Waals surface area contributed by atoms with Crippen LogP contribution in [-0.4, -0.2) is 20.8 Å². The molecule has 84 valence electrons. The molecule has 0 atom stereocenters. The number of halogens is 1. The third-order valence-corrected chi connectivity index (χ3v) is 3.66. The van der Waals surface area contributed by atoms with E-state index in [0.717, 1.165) is 12.1 Å². The van der Waals surface area contributed by atoms with Gasteiger partial charge < -0.3 is 4.84 Å². The second kappa shape index (κ2) is 5.20. The van der Waals surface area contributed by atoms with Gasteiger partial charge in [0.05, 0.1) is 17.3 Å². The van der Waals surface area contributed by atoms with Crippen molar-refractivity contribution in [3.63, 3.8) is 0 Å². The molecule has 0 aliphatic carbocycles. The molecule has 6 heteroatoms. The highest BCUT2D eigenvalue weighted by molar-refractivity contribution is 7.91. The Morgan fingerprint density at radius 2 is 1.87 bits per heavy atom. The van der Waals surface area contributed by atoms with Crippen LogP contribution in [-0.2, 0) is 14.7 Å². The minimum absolute atomic E-state index is 0.0597. The van der Waals surface area contributed by atoms with E-state index in [9.17, 15) is 12.8 Å². The monoisotopic (exact) mass is 233 g/mol. The molecule has 1 aromatic rings. The molecule has 0 heterocycles. The highest BCUT2D eigenvalue weighted by atomic mass is 32.2. The Balaban J connectivity index is 2.73. The lowest BCUT2D eigenvalue weighted by atomic mass is 10.4. The van der Waals surface area contributed by atoms with Crippen molar-refractivity contribution in [2.75, 3.05) is 12.4 Å². The van der Waals surface area contributed by atoms with Crippen LogP contribution in [0.2, 0.25) is 0 Å². The first-order valence-corrected chi connectivity index (χ1v) is 6.01. The lowest BCUT2D eigenvalue weighted by Gasteiger charge is -2.03. The summed E-state index contributed by atoms with van der Waals surface area (Å²) in [5.74, 6) is 4.25. The van der Waals surface area contributed by atoms with Crippen molar-refractivity contribution in [2.24, 2.45) is 5.90 Å². The Morgan fingerprint density at radius 3 is 2.40 bits per heavy atom. The average molecular weight is 233 g/mol. The Bertz CT molecular complexity index is 402. The lowest BCUT2D eigenvalue weighted by molar-refractivity contribution is 0.139. The van der Waals surface area contributed by atoms with E-state index in [0.29, 0.717) is 6.42 Å². The van der Waals surface area contributed by atoms with Crippen LogP contribution in [0.1, 0.15) is 6.42 Å². The molecule has 0 spiro atoms. The summed E-state index contributed by atoms with van der Waals surface area (Å²) in [4.78, 5) is 4.38. The van der Waals surface area contributed by atoms with Crippen LogP contribution in [0.25, 0.3) is 0 Å². The summed E-state index contributed by atoms with van der Waals surface area (Å²) in [6.07, 6.45) is 0.316. The Hall–Kier alpha value is -0.980. The largest absolute Gasteiger partial charge is 0.305 e. The summed E-state index contributed by atoms with van der Waals surface area (Å²) in [5.41, 5.74) is 0. The fraction of sp³-hybridized carbons (Fsp3) is 0.333. The number of benzene rings is 1. The number of hydrogen-bond donors (Lipinski definition) is 1. The lowest BCUT2D eigenvalue weighted by Crippen LogP contribution is -2.11. The first-order chi connectivity index (χ1) is 7.06. The van der Waals surface area contributed by atoms with Crippen LogP contribution in [0.4, 0.5) is 4.39 Å². The predicted molar refractivity (Wildman–Crippen MR) is 53.2 cm³/mol.